The number of hydrogen-bond acceptors (Lipinski definition) is 5. The first-order valence-corrected chi connectivity index (χ1v) is 8.52. The highest BCUT2D eigenvalue weighted by Crippen LogP contribution is 2.28. The summed E-state index contributed by atoms with van der Waals surface area (Å²) in [5.74, 6) is 2.44. The minimum Gasteiger partial charge on any atom is -0.493 e. The molecule has 128 valence electrons. The number of benzene rings is 1. The van der Waals surface area contributed by atoms with Crippen LogP contribution in [0.5, 0.6) is 11.5 Å². The first-order valence-electron chi connectivity index (χ1n) is 8.52. The molecule has 2 heterocycles. The fourth-order valence-corrected chi connectivity index (χ4v) is 2.89. The summed E-state index contributed by atoms with van der Waals surface area (Å²) in [7, 11) is 1.68. The van der Waals surface area contributed by atoms with E-state index < -0.39 is 0 Å². The second-order valence-corrected chi connectivity index (χ2v) is 5.95. The summed E-state index contributed by atoms with van der Waals surface area (Å²) in [6.07, 6.45) is 4.39. The van der Waals surface area contributed by atoms with Gasteiger partial charge in [0.2, 0.25) is 0 Å². The van der Waals surface area contributed by atoms with Crippen LogP contribution in [0.4, 0.5) is 5.82 Å². The van der Waals surface area contributed by atoms with Gasteiger partial charge in [-0.1, -0.05) is 12.1 Å². The van der Waals surface area contributed by atoms with Crippen LogP contribution in [-0.2, 0) is 6.54 Å². The van der Waals surface area contributed by atoms with Crippen molar-refractivity contribution in [3.63, 3.8) is 0 Å². The van der Waals surface area contributed by atoms with E-state index in [9.17, 15) is 0 Å². The summed E-state index contributed by atoms with van der Waals surface area (Å²) in [5, 5.41) is 3.31. The molecule has 0 spiro atoms. The molecule has 0 bridgehead atoms. The summed E-state index contributed by atoms with van der Waals surface area (Å²) in [5.41, 5.74) is 1.14. The van der Waals surface area contributed by atoms with E-state index in [0.29, 0.717) is 13.2 Å². The maximum absolute atomic E-state index is 5.97. The third-order valence-electron chi connectivity index (χ3n) is 4.23. The topological polar surface area (TPSA) is 46.6 Å². The summed E-state index contributed by atoms with van der Waals surface area (Å²) < 4.78 is 11.4. The number of aromatic nitrogens is 1. The van der Waals surface area contributed by atoms with E-state index in [1.165, 1.54) is 25.9 Å². The lowest BCUT2D eigenvalue weighted by atomic mass is 10.2. The maximum Gasteiger partial charge on any atom is 0.161 e. The Bertz CT molecular complexity index is 628. The van der Waals surface area contributed by atoms with Crippen LogP contribution in [0, 0.1) is 0 Å². The van der Waals surface area contributed by atoms with Crippen molar-refractivity contribution in [3.05, 3.63) is 48.2 Å². The summed E-state index contributed by atoms with van der Waals surface area (Å²) in [6.45, 7) is 4.74. The van der Waals surface area contributed by atoms with Crippen molar-refractivity contribution in [2.45, 2.75) is 19.4 Å². The zero-order valence-electron chi connectivity index (χ0n) is 14.2. The van der Waals surface area contributed by atoms with Crippen LogP contribution in [0.2, 0.25) is 0 Å². The average Bonchev–Trinajstić information content (AvgIpc) is 3.14. The third-order valence-corrected chi connectivity index (χ3v) is 4.23. The van der Waals surface area contributed by atoms with E-state index in [4.69, 9.17) is 9.47 Å². The van der Waals surface area contributed by atoms with Gasteiger partial charge in [-0.15, -0.1) is 0 Å². The SMILES string of the molecule is COc1ccc(CNc2ccccn2)cc1OCCN1CCCC1. The number of methoxy groups -OCH3 is 1. The van der Waals surface area contributed by atoms with Crippen molar-refractivity contribution < 1.29 is 9.47 Å². The smallest absolute Gasteiger partial charge is 0.161 e. The van der Waals surface area contributed by atoms with Gasteiger partial charge in [0.1, 0.15) is 12.4 Å². The minimum atomic E-state index is 0.688. The second kappa shape index (κ2) is 8.55. The zero-order chi connectivity index (χ0) is 16.6. The molecule has 2 aromatic rings. The molecule has 0 aliphatic carbocycles. The largest absolute Gasteiger partial charge is 0.493 e. The van der Waals surface area contributed by atoms with Crippen LogP contribution in [0.15, 0.2) is 42.6 Å². The van der Waals surface area contributed by atoms with E-state index in [0.717, 1.165) is 29.4 Å². The van der Waals surface area contributed by atoms with Crippen LogP contribution in [0.3, 0.4) is 0 Å². The molecule has 1 aromatic carbocycles. The van der Waals surface area contributed by atoms with E-state index >= 15 is 0 Å². The lowest BCUT2D eigenvalue weighted by molar-refractivity contribution is 0.230. The van der Waals surface area contributed by atoms with Gasteiger partial charge in [-0.25, -0.2) is 4.98 Å². The summed E-state index contributed by atoms with van der Waals surface area (Å²) >= 11 is 0. The highest BCUT2D eigenvalue weighted by atomic mass is 16.5. The Kier molecular flexibility index (Phi) is 5.90. The first kappa shape index (κ1) is 16.6. The molecule has 1 aromatic heterocycles. The molecule has 5 nitrogen and oxygen atoms in total. The van der Waals surface area contributed by atoms with Crippen LogP contribution >= 0.6 is 0 Å². The van der Waals surface area contributed by atoms with Crippen LogP contribution in [0.1, 0.15) is 18.4 Å². The van der Waals surface area contributed by atoms with Gasteiger partial charge in [-0.2, -0.15) is 0 Å². The highest BCUT2D eigenvalue weighted by Gasteiger charge is 2.12. The lowest BCUT2D eigenvalue weighted by Gasteiger charge is -2.17. The number of nitrogens with one attached hydrogen (secondary N) is 1. The molecule has 0 radical (unpaired) electrons. The Morgan fingerprint density at radius 1 is 1.12 bits per heavy atom. The monoisotopic (exact) mass is 327 g/mol. The van der Waals surface area contributed by atoms with Crippen LogP contribution < -0.4 is 14.8 Å². The highest BCUT2D eigenvalue weighted by molar-refractivity contribution is 5.44. The number of ether oxygens (including phenoxy) is 2. The van der Waals surface area contributed by atoms with Gasteiger partial charge in [0.25, 0.3) is 0 Å². The molecule has 3 rings (SSSR count). The maximum atomic E-state index is 5.97. The fraction of sp³-hybridized carbons (Fsp3) is 0.421. The number of nitrogens with zero attached hydrogens (tertiary/aromatic N) is 2. The molecular weight excluding hydrogens is 302 g/mol. The molecule has 1 fully saturated rings. The van der Waals surface area contributed by atoms with Gasteiger partial charge < -0.3 is 14.8 Å². The molecular formula is C19H25N3O2. The third kappa shape index (κ3) is 4.61. The molecule has 1 saturated heterocycles. The Labute approximate surface area is 143 Å². The molecule has 0 saturated carbocycles. The summed E-state index contributed by atoms with van der Waals surface area (Å²) in [6, 6.07) is 11.9. The van der Waals surface area contributed by atoms with Gasteiger partial charge >= 0.3 is 0 Å². The van der Waals surface area contributed by atoms with Crippen molar-refractivity contribution in [2.75, 3.05) is 38.7 Å². The summed E-state index contributed by atoms with van der Waals surface area (Å²) in [4.78, 5) is 6.71. The quantitative estimate of drug-likeness (QED) is 0.807. The van der Waals surface area contributed by atoms with Crippen molar-refractivity contribution in [1.29, 1.82) is 0 Å². The minimum absolute atomic E-state index is 0.688. The second-order valence-electron chi connectivity index (χ2n) is 5.95. The van der Waals surface area contributed by atoms with Gasteiger partial charge in [0, 0.05) is 19.3 Å². The number of pyridine rings is 1. The molecule has 1 N–H and O–H groups in total. The molecule has 5 heteroatoms. The van der Waals surface area contributed by atoms with Crippen molar-refractivity contribution in [1.82, 2.24) is 9.88 Å². The van der Waals surface area contributed by atoms with E-state index in [1.54, 1.807) is 13.3 Å². The van der Waals surface area contributed by atoms with Crippen molar-refractivity contribution >= 4 is 5.82 Å². The fourth-order valence-electron chi connectivity index (χ4n) is 2.89. The Hall–Kier alpha value is -2.27. The number of anilines is 1. The zero-order valence-corrected chi connectivity index (χ0v) is 14.2. The molecule has 0 amide bonds. The number of likely N-dealkylation sites (tertiary alicyclic amines) is 1. The number of hydrogen-bond donors (Lipinski definition) is 1. The molecule has 0 unspecified atom stereocenters. The molecule has 0 atom stereocenters. The number of rotatable bonds is 8. The van der Waals surface area contributed by atoms with E-state index in [-0.39, 0.29) is 0 Å². The van der Waals surface area contributed by atoms with Gasteiger partial charge in [0.05, 0.1) is 7.11 Å². The van der Waals surface area contributed by atoms with Crippen molar-refractivity contribution in [3.8, 4) is 11.5 Å². The van der Waals surface area contributed by atoms with Gasteiger partial charge in [0.15, 0.2) is 11.5 Å². The lowest BCUT2D eigenvalue weighted by Crippen LogP contribution is -2.25. The predicted molar refractivity (Wildman–Crippen MR) is 95.7 cm³/mol. The van der Waals surface area contributed by atoms with E-state index in [2.05, 4.69) is 15.2 Å². The standard InChI is InChI=1S/C19H25N3O2/c1-23-17-8-7-16(15-21-19-6-2-3-9-20-19)14-18(17)24-13-12-22-10-4-5-11-22/h2-3,6-9,14H,4-5,10-13,15H2,1H3,(H,20,21). The van der Waals surface area contributed by atoms with Crippen LogP contribution in [-0.4, -0.2) is 43.2 Å². The Morgan fingerprint density at radius 2 is 2.00 bits per heavy atom. The van der Waals surface area contributed by atoms with Crippen molar-refractivity contribution in [2.24, 2.45) is 0 Å². The molecule has 24 heavy (non-hydrogen) atoms. The van der Waals surface area contributed by atoms with Gasteiger partial charge in [-0.3, -0.25) is 4.90 Å². The molecule has 1 aliphatic rings. The Morgan fingerprint density at radius 3 is 2.75 bits per heavy atom. The predicted octanol–water partition coefficient (Wildman–Crippen LogP) is 3.18. The van der Waals surface area contributed by atoms with Crippen LogP contribution in [0.25, 0.3) is 0 Å². The molecule has 1 aliphatic heterocycles. The average molecular weight is 327 g/mol. The Balaban J connectivity index is 1.57. The van der Waals surface area contributed by atoms with Gasteiger partial charge in [-0.05, 0) is 55.8 Å². The van der Waals surface area contributed by atoms with E-state index in [1.807, 2.05) is 36.4 Å². The normalized spacial score (nSPS) is 14.5. The first-order chi connectivity index (χ1) is 11.8.